The van der Waals surface area contributed by atoms with Crippen LogP contribution in [-0.4, -0.2) is 36.8 Å². The molecule has 0 rings (SSSR count). The molecule has 0 aliphatic heterocycles. The van der Waals surface area contributed by atoms with E-state index < -0.39 is 0 Å². The maximum absolute atomic E-state index is 8.51. The summed E-state index contributed by atoms with van der Waals surface area (Å²) in [5, 5.41) is 8.51. The maximum atomic E-state index is 8.51. The molecule has 0 saturated heterocycles. The quantitative estimate of drug-likeness (QED) is 0.668. The van der Waals surface area contributed by atoms with Crippen LogP contribution < -0.4 is 0 Å². The molecule has 0 atom stereocenters. The van der Waals surface area contributed by atoms with Crippen LogP contribution in [0.15, 0.2) is 0 Å². The maximum Gasteiger partial charge on any atom is 0.0443 e. The molecule has 0 radical (unpaired) electrons. The molecule has 0 aromatic rings. The molecular formula is C10H25NO. The lowest BCUT2D eigenvalue weighted by Gasteiger charge is -2.14. The van der Waals surface area contributed by atoms with E-state index in [0.29, 0.717) is 6.61 Å². The average Bonchev–Trinajstić information content (AvgIpc) is 2.14. The Bertz CT molecular complexity index is 58.9. The second kappa shape index (κ2) is 13.5. The largest absolute Gasteiger partial charge is 0.396 e. The zero-order chi connectivity index (χ0) is 9.82. The van der Waals surface area contributed by atoms with E-state index in [1.165, 1.54) is 12.8 Å². The van der Waals surface area contributed by atoms with Crippen LogP contribution >= 0.6 is 0 Å². The van der Waals surface area contributed by atoms with Crippen LogP contribution in [0.3, 0.4) is 0 Å². The van der Waals surface area contributed by atoms with Crippen LogP contribution in [-0.2, 0) is 0 Å². The molecule has 2 nitrogen and oxygen atoms in total. The number of hydrogen-bond donors (Lipinski definition) is 1. The SMILES string of the molecule is CC.CCCCN(C)CCCO. The van der Waals surface area contributed by atoms with Crippen LogP contribution in [0.25, 0.3) is 0 Å². The summed E-state index contributed by atoms with van der Waals surface area (Å²) in [6.45, 7) is 8.70. The van der Waals surface area contributed by atoms with Gasteiger partial charge in [-0.2, -0.15) is 0 Å². The van der Waals surface area contributed by atoms with Crippen molar-refractivity contribution in [2.75, 3.05) is 26.7 Å². The Balaban J connectivity index is 0. The van der Waals surface area contributed by atoms with Gasteiger partial charge in [-0.25, -0.2) is 0 Å². The van der Waals surface area contributed by atoms with Gasteiger partial charge in [0.1, 0.15) is 0 Å². The summed E-state index contributed by atoms with van der Waals surface area (Å²) in [6, 6.07) is 0. The Kier molecular flexibility index (Phi) is 16.3. The van der Waals surface area contributed by atoms with Crippen molar-refractivity contribution in [1.29, 1.82) is 0 Å². The first-order chi connectivity index (χ1) is 5.81. The highest BCUT2D eigenvalue weighted by Gasteiger charge is 1.94. The van der Waals surface area contributed by atoms with Crippen LogP contribution in [0, 0.1) is 0 Å². The first-order valence-corrected chi connectivity index (χ1v) is 5.10. The molecule has 1 N–H and O–H groups in total. The number of nitrogens with zero attached hydrogens (tertiary/aromatic N) is 1. The highest BCUT2D eigenvalue weighted by molar-refractivity contribution is 4.49. The number of rotatable bonds is 6. The third-order valence-corrected chi connectivity index (χ3v) is 1.59. The van der Waals surface area contributed by atoms with Gasteiger partial charge in [-0.05, 0) is 26.4 Å². The molecule has 0 spiro atoms. The van der Waals surface area contributed by atoms with Crippen LogP contribution in [0.4, 0.5) is 0 Å². The van der Waals surface area contributed by atoms with E-state index >= 15 is 0 Å². The van der Waals surface area contributed by atoms with Gasteiger partial charge < -0.3 is 10.0 Å². The fourth-order valence-corrected chi connectivity index (χ4v) is 0.880. The molecule has 2 heteroatoms. The summed E-state index contributed by atoms with van der Waals surface area (Å²) in [7, 11) is 2.10. The van der Waals surface area contributed by atoms with Crippen molar-refractivity contribution in [3.63, 3.8) is 0 Å². The van der Waals surface area contributed by atoms with E-state index in [0.717, 1.165) is 19.5 Å². The molecule has 0 aliphatic rings. The minimum atomic E-state index is 0.316. The topological polar surface area (TPSA) is 23.5 Å². The molecule has 12 heavy (non-hydrogen) atoms. The van der Waals surface area contributed by atoms with Gasteiger partial charge in [0.15, 0.2) is 0 Å². The predicted octanol–water partition coefficient (Wildman–Crippen LogP) is 2.13. The summed E-state index contributed by atoms with van der Waals surface area (Å²) >= 11 is 0. The molecule has 0 heterocycles. The minimum Gasteiger partial charge on any atom is -0.396 e. The van der Waals surface area contributed by atoms with Gasteiger partial charge in [-0.1, -0.05) is 27.2 Å². The lowest BCUT2D eigenvalue weighted by molar-refractivity contribution is 0.246. The van der Waals surface area contributed by atoms with Crippen molar-refractivity contribution >= 4 is 0 Å². The molecule has 0 aromatic heterocycles. The van der Waals surface area contributed by atoms with Crippen LogP contribution in [0.1, 0.15) is 40.0 Å². The number of aliphatic hydroxyl groups is 1. The van der Waals surface area contributed by atoms with Gasteiger partial charge in [0, 0.05) is 13.2 Å². The van der Waals surface area contributed by atoms with Gasteiger partial charge in [0.05, 0.1) is 0 Å². The average molecular weight is 175 g/mol. The lowest BCUT2D eigenvalue weighted by Crippen LogP contribution is -2.21. The Morgan fingerprint density at radius 3 is 2.00 bits per heavy atom. The Hall–Kier alpha value is -0.0800. The van der Waals surface area contributed by atoms with E-state index in [2.05, 4.69) is 18.9 Å². The van der Waals surface area contributed by atoms with E-state index in [4.69, 9.17) is 5.11 Å². The number of aliphatic hydroxyl groups excluding tert-OH is 1. The molecule has 0 saturated carbocycles. The highest BCUT2D eigenvalue weighted by Crippen LogP contribution is 1.92. The Morgan fingerprint density at radius 1 is 1.08 bits per heavy atom. The summed E-state index contributed by atoms with van der Waals surface area (Å²) < 4.78 is 0. The normalized spacial score (nSPS) is 9.50. The summed E-state index contributed by atoms with van der Waals surface area (Å²) in [5.74, 6) is 0. The number of hydrogen-bond acceptors (Lipinski definition) is 2. The van der Waals surface area contributed by atoms with E-state index in [9.17, 15) is 0 Å². The number of unbranched alkanes of at least 4 members (excludes halogenated alkanes) is 1. The summed E-state index contributed by atoms with van der Waals surface area (Å²) in [5.41, 5.74) is 0. The van der Waals surface area contributed by atoms with Gasteiger partial charge in [0.2, 0.25) is 0 Å². The standard InChI is InChI=1S/C8H19NO.C2H6/c1-3-4-6-9(2)7-5-8-10;1-2/h10H,3-8H2,1-2H3;1-2H3. The monoisotopic (exact) mass is 175 g/mol. The highest BCUT2D eigenvalue weighted by atomic mass is 16.3. The van der Waals surface area contributed by atoms with Crippen molar-refractivity contribution in [2.45, 2.75) is 40.0 Å². The van der Waals surface area contributed by atoms with Gasteiger partial charge in [0.25, 0.3) is 0 Å². The molecule has 0 bridgehead atoms. The van der Waals surface area contributed by atoms with Crippen molar-refractivity contribution < 1.29 is 5.11 Å². The third-order valence-electron chi connectivity index (χ3n) is 1.59. The molecule has 0 aliphatic carbocycles. The Labute approximate surface area is 77.6 Å². The smallest absolute Gasteiger partial charge is 0.0443 e. The molecule has 0 unspecified atom stereocenters. The van der Waals surface area contributed by atoms with E-state index in [1.54, 1.807) is 0 Å². The van der Waals surface area contributed by atoms with Crippen molar-refractivity contribution in [2.24, 2.45) is 0 Å². The minimum absolute atomic E-state index is 0.316. The fourth-order valence-electron chi connectivity index (χ4n) is 0.880. The third kappa shape index (κ3) is 12.6. The molecule has 76 valence electrons. The predicted molar refractivity (Wildman–Crippen MR) is 55.5 cm³/mol. The molecule has 0 amide bonds. The first kappa shape index (κ1) is 14.4. The summed E-state index contributed by atoms with van der Waals surface area (Å²) in [6.07, 6.45) is 3.42. The second-order valence-corrected chi connectivity index (χ2v) is 2.73. The van der Waals surface area contributed by atoms with Crippen molar-refractivity contribution in [3.05, 3.63) is 0 Å². The van der Waals surface area contributed by atoms with Crippen LogP contribution in [0.5, 0.6) is 0 Å². The van der Waals surface area contributed by atoms with E-state index in [1.807, 2.05) is 13.8 Å². The van der Waals surface area contributed by atoms with Gasteiger partial charge in [-0.3, -0.25) is 0 Å². The van der Waals surface area contributed by atoms with Crippen molar-refractivity contribution in [3.8, 4) is 0 Å². The lowest BCUT2D eigenvalue weighted by atomic mass is 10.3. The Morgan fingerprint density at radius 2 is 1.58 bits per heavy atom. The van der Waals surface area contributed by atoms with Gasteiger partial charge >= 0.3 is 0 Å². The van der Waals surface area contributed by atoms with Gasteiger partial charge in [-0.15, -0.1) is 0 Å². The van der Waals surface area contributed by atoms with Crippen LogP contribution in [0.2, 0.25) is 0 Å². The first-order valence-electron chi connectivity index (χ1n) is 5.10. The zero-order valence-electron chi connectivity index (χ0n) is 9.14. The van der Waals surface area contributed by atoms with Crippen molar-refractivity contribution in [1.82, 2.24) is 4.90 Å². The molecule has 0 fully saturated rings. The van der Waals surface area contributed by atoms with E-state index in [-0.39, 0.29) is 0 Å². The molecular weight excluding hydrogens is 150 g/mol. The molecule has 0 aromatic carbocycles. The second-order valence-electron chi connectivity index (χ2n) is 2.73. The summed E-state index contributed by atoms with van der Waals surface area (Å²) in [4.78, 5) is 2.26. The zero-order valence-corrected chi connectivity index (χ0v) is 9.14. The fraction of sp³-hybridized carbons (Fsp3) is 1.00.